The fourth-order valence-corrected chi connectivity index (χ4v) is 2.17. The van der Waals surface area contributed by atoms with E-state index in [0.717, 1.165) is 5.69 Å². The van der Waals surface area contributed by atoms with Gasteiger partial charge in [0.05, 0.1) is 9.26 Å². The van der Waals surface area contributed by atoms with Gasteiger partial charge in [0.2, 0.25) is 0 Å². The van der Waals surface area contributed by atoms with E-state index in [9.17, 15) is 9.90 Å². The normalized spacial score (nSPS) is 10.5. The summed E-state index contributed by atoms with van der Waals surface area (Å²) in [5.74, 6) is 0.643. The van der Waals surface area contributed by atoms with Crippen LogP contribution in [0.25, 0.3) is 11.4 Å². The maximum Gasteiger partial charge on any atom is 0.264 e. The van der Waals surface area contributed by atoms with Crippen LogP contribution in [0.2, 0.25) is 0 Å². The van der Waals surface area contributed by atoms with Crippen molar-refractivity contribution in [1.82, 2.24) is 9.97 Å². The Balaban J connectivity index is 2.61. The van der Waals surface area contributed by atoms with Crippen molar-refractivity contribution in [2.45, 2.75) is 13.3 Å². The van der Waals surface area contributed by atoms with Gasteiger partial charge in [-0.2, -0.15) is 0 Å². The maximum absolute atomic E-state index is 11.7. The molecule has 4 nitrogen and oxygen atoms in total. The van der Waals surface area contributed by atoms with E-state index in [-0.39, 0.29) is 11.3 Å². The molecule has 0 saturated heterocycles. The minimum Gasteiger partial charge on any atom is -0.508 e. The first-order valence-electron chi connectivity index (χ1n) is 5.20. The van der Waals surface area contributed by atoms with E-state index in [1.807, 2.05) is 29.5 Å². The Kier molecular flexibility index (Phi) is 3.46. The van der Waals surface area contributed by atoms with Gasteiger partial charge in [-0.15, -0.1) is 0 Å². The monoisotopic (exact) mass is 342 g/mol. The van der Waals surface area contributed by atoms with Gasteiger partial charge >= 0.3 is 0 Å². The summed E-state index contributed by atoms with van der Waals surface area (Å²) in [6, 6.07) is 6.66. The minimum atomic E-state index is -0.143. The minimum absolute atomic E-state index is 0.143. The summed E-state index contributed by atoms with van der Waals surface area (Å²) in [6.07, 6.45) is 0.702. The highest BCUT2D eigenvalue weighted by Gasteiger charge is 2.08. The van der Waals surface area contributed by atoms with Gasteiger partial charge in [-0.25, -0.2) is 4.98 Å². The SMILES string of the molecule is CCc1nc(-c2cccc(O)c2)[nH]c(=O)c1I. The molecule has 1 heterocycles. The molecule has 0 amide bonds. The standard InChI is InChI=1S/C12H11IN2O2/c1-2-9-10(13)12(17)15-11(14-9)7-4-3-5-8(16)6-7/h3-6,16H,2H2,1H3,(H,14,15,17). The van der Waals surface area contributed by atoms with Crippen LogP contribution in [-0.4, -0.2) is 15.1 Å². The Morgan fingerprint density at radius 2 is 2.24 bits per heavy atom. The molecule has 0 spiro atoms. The first-order chi connectivity index (χ1) is 8.11. The third kappa shape index (κ3) is 2.49. The average molecular weight is 342 g/mol. The molecule has 1 aromatic carbocycles. The number of aromatic amines is 1. The van der Waals surface area contributed by atoms with Crippen molar-refractivity contribution in [3.05, 3.63) is 43.9 Å². The van der Waals surface area contributed by atoms with Gasteiger partial charge < -0.3 is 10.1 Å². The first-order valence-corrected chi connectivity index (χ1v) is 6.27. The number of hydrogen-bond acceptors (Lipinski definition) is 3. The van der Waals surface area contributed by atoms with Crippen LogP contribution >= 0.6 is 22.6 Å². The highest BCUT2D eigenvalue weighted by Crippen LogP contribution is 2.20. The predicted molar refractivity (Wildman–Crippen MR) is 74.1 cm³/mol. The van der Waals surface area contributed by atoms with Crippen molar-refractivity contribution in [1.29, 1.82) is 0 Å². The van der Waals surface area contributed by atoms with E-state index in [4.69, 9.17) is 0 Å². The summed E-state index contributed by atoms with van der Waals surface area (Å²) in [5.41, 5.74) is 1.33. The molecule has 0 bridgehead atoms. The van der Waals surface area contributed by atoms with Crippen molar-refractivity contribution < 1.29 is 5.11 Å². The summed E-state index contributed by atoms with van der Waals surface area (Å²) in [6.45, 7) is 1.95. The van der Waals surface area contributed by atoms with E-state index in [1.165, 1.54) is 0 Å². The molecule has 1 aromatic heterocycles. The molecule has 5 heteroatoms. The van der Waals surface area contributed by atoms with Gasteiger partial charge in [0, 0.05) is 5.56 Å². The first kappa shape index (κ1) is 12.1. The number of benzene rings is 1. The van der Waals surface area contributed by atoms with Crippen molar-refractivity contribution in [2.75, 3.05) is 0 Å². The zero-order valence-corrected chi connectivity index (χ0v) is 11.4. The summed E-state index contributed by atoms with van der Waals surface area (Å²) < 4.78 is 0.619. The van der Waals surface area contributed by atoms with Gasteiger partial charge in [-0.3, -0.25) is 4.79 Å². The van der Waals surface area contributed by atoms with Gasteiger partial charge in [0.15, 0.2) is 0 Å². The zero-order valence-electron chi connectivity index (χ0n) is 9.20. The molecule has 0 aliphatic rings. The van der Waals surface area contributed by atoms with E-state index < -0.39 is 0 Å². The summed E-state index contributed by atoms with van der Waals surface area (Å²) >= 11 is 1.99. The van der Waals surface area contributed by atoms with Gasteiger partial charge in [-0.05, 0) is 41.1 Å². The van der Waals surface area contributed by atoms with Crippen molar-refractivity contribution in [2.24, 2.45) is 0 Å². The van der Waals surface area contributed by atoms with Crippen LogP contribution in [0.15, 0.2) is 29.1 Å². The molecule has 17 heavy (non-hydrogen) atoms. The van der Waals surface area contributed by atoms with Crippen LogP contribution in [-0.2, 0) is 6.42 Å². The zero-order chi connectivity index (χ0) is 12.4. The lowest BCUT2D eigenvalue weighted by atomic mass is 10.2. The van der Waals surface area contributed by atoms with Crippen LogP contribution in [0, 0.1) is 3.57 Å². The van der Waals surface area contributed by atoms with Crippen LogP contribution in [0.3, 0.4) is 0 Å². The molecule has 0 fully saturated rings. The summed E-state index contributed by atoms with van der Waals surface area (Å²) in [5, 5.41) is 9.40. The second-order valence-corrected chi connectivity index (χ2v) is 4.66. The topological polar surface area (TPSA) is 66.0 Å². The Morgan fingerprint density at radius 1 is 1.47 bits per heavy atom. The number of aromatic nitrogens is 2. The molecule has 2 rings (SSSR count). The number of H-pyrrole nitrogens is 1. The number of halogens is 1. The van der Waals surface area contributed by atoms with Crippen molar-refractivity contribution in [3.63, 3.8) is 0 Å². The molecule has 0 unspecified atom stereocenters. The highest BCUT2D eigenvalue weighted by molar-refractivity contribution is 14.1. The molecule has 0 aliphatic heterocycles. The summed E-state index contributed by atoms with van der Waals surface area (Å²) in [7, 11) is 0. The highest BCUT2D eigenvalue weighted by atomic mass is 127. The van der Waals surface area contributed by atoms with Crippen LogP contribution in [0.5, 0.6) is 5.75 Å². The third-order valence-corrected chi connectivity index (χ3v) is 3.50. The number of aryl methyl sites for hydroxylation is 1. The molecule has 2 aromatic rings. The van der Waals surface area contributed by atoms with E-state index in [1.54, 1.807) is 24.3 Å². The fraction of sp³-hybridized carbons (Fsp3) is 0.167. The van der Waals surface area contributed by atoms with Gasteiger partial charge in [0.1, 0.15) is 11.6 Å². The van der Waals surface area contributed by atoms with E-state index in [2.05, 4.69) is 9.97 Å². The average Bonchev–Trinajstić information content (AvgIpc) is 2.32. The number of rotatable bonds is 2. The molecule has 0 aliphatic carbocycles. The van der Waals surface area contributed by atoms with Crippen LogP contribution in [0.1, 0.15) is 12.6 Å². The third-order valence-electron chi connectivity index (χ3n) is 2.39. The smallest absolute Gasteiger partial charge is 0.264 e. The summed E-state index contributed by atoms with van der Waals surface area (Å²) in [4.78, 5) is 18.8. The lowest BCUT2D eigenvalue weighted by Gasteiger charge is -2.05. The molecule has 0 saturated carbocycles. The second kappa shape index (κ2) is 4.87. The lowest BCUT2D eigenvalue weighted by Crippen LogP contribution is -2.15. The molecule has 2 N–H and O–H groups in total. The molecular weight excluding hydrogens is 331 g/mol. The number of phenolic OH excluding ortho intramolecular Hbond substituents is 1. The van der Waals surface area contributed by atoms with Gasteiger partial charge in [-0.1, -0.05) is 19.1 Å². The van der Waals surface area contributed by atoms with Gasteiger partial charge in [0.25, 0.3) is 5.56 Å². The Hall–Kier alpha value is -1.37. The number of nitrogens with zero attached hydrogens (tertiary/aromatic N) is 1. The Morgan fingerprint density at radius 3 is 2.88 bits per heavy atom. The van der Waals surface area contributed by atoms with Crippen molar-refractivity contribution in [3.8, 4) is 17.1 Å². The number of aromatic hydroxyl groups is 1. The van der Waals surface area contributed by atoms with Crippen LogP contribution in [0.4, 0.5) is 0 Å². The molecule has 0 atom stereocenters. The Bertz CT molecular complexity index is 608. The Labute approximate surface area is 112 Å². The quantitative estimate of drug-likeness (QED) is 0.824. The second-order valence-electron chi connectivity index (χ2n) is 3.58. The lowest BCUT2D eigenvalue weighted by molar-refractivity contribution is 0.475. The molecular formula is C12H11IN2O2. The molecule has 0 radical (unpaired) electrons. The number of phenols is 1. The van der Waals surface area contributed by atoms with E-state index in [0.29, 0.717) is 21.4 Å². The van der Waals surface area contributed by atoms with Crippen LogP contribution < -0.4 is 5.56 Å². The van der Waals surface area contributed by atoms with E-state index >= 15 is 0 Å². The number of hydrogen-bond donors (Lipinski definition) is 2. The maximum atomic E-state index is 11.7. The predicted octanol–water partition coefficient (Wildman–Crippen LogP) is 2.31. The fourth-order valence-electron chi connectivity index (χ4n) is 1.53. The largest absolute Gasteiger partial charge is 0.508 e. The molecule has 88 valence electrons. The van der Waals surface area contributed by atoms with Crippen molar-refractivity contribution >= 4 is 22.6 Å². The number of nitrogens with one attached hydrogen (secondary N) is 1.